The summed E-state index contributed by atoms with van der Waals surface area (Å²) in [5.74, 6) is 1.36. The molecule has 0 atom stereocenters. The summed E-state index contributed by atoms with van der Waals surface area (Å²) in [5, 5.41) is 1.05. The van der Waals surface area contributed by atoms with Crippen LogP contribution in [0.15, 0.2) is 30.3 Å². The standard InChI is InChI=1S/C15H13Cl2NO3/c16-11-3-12(17)5-14(4-11)20-7-10-2-13(18)1-9-6-19-8-21-15(9)10/h1-5H,6-8,18H2. The molecule has 1 aliphatic rings. The summed E-state index contributed by atoms with van der Waals surface area (Å²) in [6, 6.07) is 8.73. The van der Waals surface area contributed by atoms with E-state index in [2.05, 4.69) is 0 Å². The molecule has 0 fully saturated rings. The second kappa shape index (κ2) is 6.02. The molecule has 2 aromatic carbocycles. The zero-order valence-corrected chi connectivity index (χ0v) is 12.6. The minimum Gasteiger partial charge on any atom is -0.489 e. The third-order valence-corrected chi connectivity index (χ3v) is 3.48. The maximum atomic E-state index is 5.95. The summed E-state index contributed by atoms with van der Waals surface area (Å²) in [4.78, 5) is 0. The average Bonchev–Trinajstić information content (AvgIpc) is 2.43. The molecule has 0 amide bonds. The van der Waals surface area contributed by atoms with Crippen molar-refractivity contribution >= 4 is 28.9 Å². The van der Waals surface area contributed by atoms with Crippen molar-refractivity contribution < 1.29 is 14.2 Å². The van der Waals surface area contributed by atoms with Crippen LogP contribution in [0.4, 0.5) is 5.69 Å². The predicted octanol–water partition coefficient (Wildman–Crippen LogP) is 4.02. The van der Waals surface area contributed by atoms with Gasteiger partial charge >= 0.3 is 0 Å². The number of ether oxygens (including phenoxy) is 3. The first-order valence-electron chi connectivity index (χ1n) is 6.32. The van der Waals surface area contributed by atoms with Crippen LogP contribution in [0.2, 0.25) is 10.0 Å². The Morgan fingerprint density at radius 1 is 1.10 bits per heavy atom. The topological polar surface area (TPSA) is 53.7 Å². The Labute approximate surface area is 132 Å². The number of hydrogen-bond donors (Lipinski definition) is 1. The maximum Gasteiger partial charge on any atom is 0.189 e. The summed E-state index contributed by atoms with van der Waals surface area (Å²) in [7, 11) is 0. The van der Waals surface area contributed by atoms with Gasteiger partial charge in [0.2, 0.25) is 0 Å². The van der Waals surface area contributed by atoms with E-state index >= 15 is 0 Å². The van der Waals surface area contributed by atoms with Gasteiger partial charge in [0.25, 0.3) is 0 Å². The van der Waals surface area contributed by atoms with Gasteiger partial charge in [-0.1, -0.05) is 23.2 Å². The molecule has 0 radical (unpaired) electrons. The number of anilines is 1. The van der Waals surface area contributed by atoms with Gasteiger partial charge in [0.1, 0.15) is 18.1 Å². The normalized spacial score (nSPS) is 13.4. The Kier molecular flexibility index (Phi) is 4.10. The number of hydrogen-bond acceptors (Lipinski definition) is 4. The van der Waals surface area contributed by atoms with Crippen molar-refractivity contribution in [2.45, 2.75) is 13.2 Å². The van der Waals surface area contributed by atoms with Crippen LogP contribution >= 0.6 is 23.2 Å². The number of benzene rings is 2. The molecule has 0 aromatic heterocycles. The fourth-order valence-corrected chi connectivity index (χ4v) is 2.71. The molecule has 110 valence electrons. The van der Waals surface area contributed by atoms with E-state index in [9.17, 15) is 0 Å². The SMILES string of the molecule is Nc1cc2c(c(COc3cc(Cl)cc(Cl)c3)c1)OCOC2. The number of nitrogen functional groups attached to an aromatic ring is 1. The molecular formula is C15H13Cl2NO3. The van der Waals surface area contributed by atoms with Crippen molar-refractivity contribution in [1.82, 2.24) is 0 Å². The van der Waals surface area contributed by atoms with Crippen LogP contribution < -0.4 is 15.2 Å². The summed E-state index contributed by atoms with van der Waals surface area (Å²) < 4.78 is 16.5. The third-order valence-electron chi connectivity index (χ3n) is 3.04. The Morgan fingerprint density at radius 2 is 1.86 bits per heavy atom. The largest absolute Gasteiger partial charge is 0.489 e. The Hall–Kier alpha value is -1.62. The summed E-state index contributed by atoms with van der Waals surface area (Å²) in [5.41, 5.74) is 8.32. The summed E-state index contributed by atoms with van der Waals surface area (Å²) >= 11 is 11.9. The highest BCUT2D eigenvalue weighted by Gasteiger charge is 2.16. The molecule has 1 aliphatic heterocycles. The zero-order valence-electron chi connectivity index (χ0n) is 11.1. The van der Waals surface area contributed by atoms with Crippen molar-refractivity contribution in [3.8, 4) is 11.5 Å². The van der Waals surface area contributed by atoms with Crippen LogP contribution in [-0.4, -0.2) is 6.79 Å². The molecule has 6 heteroatoms. The molecule has 21 heavy (non-hydrogen) atoms. The van der Waals surface area contributed by atoms with E-state index in [1.807, 2.05) is 12.1 Å². The lowest BCUT2D eigenvalue weighted by atomic mass is 10.1. The van der Waals surface area contributed by atoms with Gasteiger partial charge < -0.3 is 19.9 Å². The molecule has 0 aliphatic carbocycles. The van der Waals surface area contributed by atoms with Crippen LogP contribution in [-0.2, 0) is 18.0 Å². The smallest absolute Gasteiger partial charge is 0.189 e. The van der Waals surface area contributed by atoms with Crippen molar-refractivity contribution in [2.24, 2.45) is 0 Å². The molecule has 3 rings (SSSR count). The average molecular weight is 326 g/mol. The van der Waals surface area contributed by atoms with Crippen LogP contribution in [0.25, 0.3) is 0 Å². The second-order valence-electron chi connectivity index (χ2n) is 4.67. The summed E-state index contributed by atoms with van der Waals surface area (Å²) in [6.07, 6.45) is 0. The first-order valence-corrected chi connectivity index (χ1v) is 7.08. The van der Waals surface area contributed by atoms with Gasteiger partial charge in [0.15, 0.2) is 6.79 Å². The number of halogens is 2. The molecule has 2 N–H and O–H groups in total. The quantitative estimate of drug-likeness (QED) is 0.866. The van der Waals surface area contributed by atoms with Crippen molar-refractivity contribution in [3.05, 3.63) is 51.5 Å². The minimum absolute atomic E-state index is 0.229. The Bertz CT molecular complexity index is 656. The van der Waals surface area contributed by atoms with Crippen LogP contribution in [0, 0.1) is 0 Å². The van der Waals surface area contributed by atoms with Crippen molar-refractivity contribution in [1.29, 1.82) is 0 Å². The van der Waals surface area contributed by atoms with Gasteiger partial charge in [0, 0.05) is 26.9 Å². The van der Waals surface area contributed by atoms with Gasteiger partial charge in [-0.3, -0.25) is 0 Å². The van der Waals surface area contributed by atoms with E-state index in [-0.39, 0.29) is 6.79 Å². The Balaban J connectivity index is 1.83. The van der Waals surface area contributed by atoms with Gasteiger partial charge in [-0.25, -0.2) is 0 Å². The first-order chi connectivity index (χ1) is 10.1. The lowest BCUT2D eigenvalue weighted by Crippen LogP contribution is -2.14. The van der Waals surface area contributed by atoms with Gasteiger partial charge in [0.05, 0.1) is 6.61 Å². The number of rotatable bonds is 3. The monoisotopic (exact) mass is 325 g/mol. The fourth-order valence-electron chi connectivity index (χ4n) is 2.21. The second-order valence-corrected chi connectivity index (χ2v) is 5.55. The molecule has 0 bridgehead atoms. The molecular weight excluding hydrogens is 313 g/mol. The highest BCUT2D eigenvalue weighted by atomic mass is 35.5. The first kappa shape index (κ1) is 14.3. The van der Waals surface area contributed by atoms with E-state index in [0.29, 0.717) is 34.7 Å². The molecule has 2 aromatic rings. The fraction of sp³-hybridized carbons (Fsp3) is 0.200. The molecule has 0 saturated carbocycles. The molecule has 0 saturated heterocycles. The predicted molar refractivity (Wildman–Crippen MR) is 81.9 cm³/mol. The van der Waals surface area contributed by atoms with Crippen LogP contribution in [0.3, 0.4) is 0 Å². The van der Waals surface area contributed by atoms with E-state index in [1.54, 1.807) is 18.2 Å². The van der Waals surface area contributed by atoms with E-state index in [4.69, 9.17) is 43.1 Å². The molecule has 0 spiro atoms. The van der Waals surface area contributed by atoms with Gasteiger partial charge in [-0.2, -0.15) is 0 Å². The maximum absolute atomic E-state index is 5.95. The van der Waals surface area contributed by atoms with Gasteiger partial charge in [-0.15, -0.1) is 0 Å². The van der Waals surface area contributed by atoms with E-state index in [1.165, 1.54) is 0 Å². The minimum atomic E-state index is 0.229. The molecule has 0 unspecified atom stereocenters. The van der Waals surface area contributed by atoms with E-state index in [0.717, 1.165) is 16.9 Å². The lowest BCUT2D eigenvalue weighted by molar-refractivity contribution is -0.0175. The molecule has 1 heterocycles. The number of nitrogens with two attached hydrogens (primary N) is 1. The highest BCUT2D eigenvalue weighted by Crippen LogP contribution is 2.32. The molecule has 4 nitrogen and oxygen atoms in total. The number of fused-ring (bicyclic) bond motifs is 1. The van der Waals surface area contributed by atoms with E-state index < -0.39 is 0 Å². The Morgan fingerprint density at radius 3 is 2.62 bits per heavy atom. The highest BCUT2D eigenvalue weighted by molar-refractivity contribution is 6.34. The van der Waals surface area contributed by atoms with Crippen LogP contribution in [0.5, 0.6) is 11.5 Å². The zero-order chi connectivity index (χ0) is 14.8. The lowest BCUT2D eigenvalue weighted by Gasteiger charge is -2.21. The third kappa shape index (κ3) is 3.35. The van der Waals surface area contributed by atoms with Crippen LogP contribution in [0.1, 0.15) is 11.1 Å². The summed E-state index contributed by atoms with van der Waals surface area (Å²) in [6.45, 7) is 1.02. The van der Waals surface area contributed by atoms with Gasteiger partial charge in [-0.05, 0) is 30.3 Å². The van der Waals surface area contributed by atoms with Crippen molar-refractivity contribution in [2.75, 3.05) is 12.5 Å². The van der Waals surface area contributed by atoms with Crippen molar-refractivity contribution in [3.63, 3.8) is 0 Å².